The molecular formula is C5H5NO9. The molecule has 0 aromatic rings. The van der Waals surface area contributed by atoms with E-state index in [2.05, 4.69) is 4.84 Å². The molecule has 0 spiro atoms. The molecule has 0 atom stereocenters. The normalized spacial score (nSPS) is 10.4. The van der Waals surface area contributed by atoms with Gasteiger partial charge in [-0.05, 0) is 0 Å². The van der Waals surface area contributed by atoms with Gasteiger partial charge in [0.05, 0.1) is 0 Å². The van der Waals surface area contributed by atoms with E-state index in [4.69, 9.17) is 15.3 Å². The van der Waals surface area contributed by atoms with Crippen LogP contribution in [0.1, 0.15) is 0 Å². The summed E-state index contributed by atoms with van der Waals surface area (Å²) >= 11 is 0. The molecule has 0 bridgehead atoms. The maximum atomic E-state index is 10.5. The van der Waals surface area contributed by atoms with Crippen molar-refractivity contribution in [1.82, 2.24) is 0 Å². The zero-order valence-corrected chi connectivity index (χ0v) is 6.95. The quantitative estimate of drug-likeness (QED) is 0.274. The van der Waals surface area contributed by atoms with Crippen LogP contribution in [0.15, 0.2) is 0 Å². The summed E-state index contributed by atoms with van der Waals surface area (Å²) in [5, 5.41) is 33.5. The molecular weight excluding hydrogens is 218 g/mol. The Labute approximate surface area is 80.8 Å². The molecule has 0 fully saturated rings. The fraction of sp³-hybridized carbons (Fsp3) is 0.400. The molecule has 84 valence electrons. The van der Waals surface area contributed by atoms with Crippen LogP contribution in [0.3, 0.4) is 0 Å². The summed E-state index contributed by atoms with van der Waals surface area (Å²) in [4.78, 5) is 44.5. The molecule has 0 saturated carbocycles. The predicted molar refractivity (Wildman–Crippen MR) is 38.3 cm³/mol. The number of carboxylic acid groups (broad SMARTS) is 3. The molecule has 10 heteroatoms. The number of nitrogens with zero attached hydrogens (tertiary/aromatic N) is 1. The minimum absolute atomic E-state index is 1.48. The summed E-state index contributed by atoms with van der Waals surface area (Å²) < 4.78 is 0. The zero-order valence-electron chi connectivity index (χ0n) is 6.95. The lowest BCUT2D eigenvalue weighted by molar-refractivity contribution is -0.759. The molecule has 0 heterocycles. The van der Waals surface area contributed by atoms with E-state index in [1.54, 1.807) is 0 Å². The van der Waals surface area contributed by atoms with E-state index in [-0.39, 0.29) is 0 Å². The van der Waals surface area contributed by atoms with Gasteiger partial charge < -0.3 is 20.2 Å². The van der Waals surface area contributed by atoms with E-state index >= 15 is 0 Å². The Hall–Kier alpha value is -2.39. The molecule has 0 unspecified atom stereocenters. The van der Waals surface area contributed by atoms with Gasteiger partial charge in [0.2, 0.25) is 0 Å². The second-order valence-electron chi connectivity index (χ2n) is 2.32. The highest BCUT2D eigenvalue weighted by atomic mass is 17.0. The monoisotopic (exact) mass is 223 g/mol. The van der Waals surface area contributed by atoms with Gasteiger partial charge in [0.1, 0.15) is 6.61 Å². The van der Waals surface area contributed by atoms with Gasteiger partial charge in [-0.1, -0.05) is 0 Å². The van der Waals surface area contributed by atoms with Crippen LogP contribution in [0.4, 0.5) is 0 Å². The van der Waals surface area contributed by atoms with Crippen molar-refractivity contribution in [3.63, 3.8) is 0 Å². The first kappa shape index (κ1) is 12.6. The average Bonchev–Trinajstić information content (AvgIpc) is 2.02. The molecule has 0 aliphatic heterocycles. The maximum Gasteiger partial charge on any atom is 0.334 e. The highest BCUT2D eigenvalue weighted by molar-refractivity contribution is 6.16. The van der Waals surface area contributed by atoms with E-state index in [0.717, 1.165) is 0 Å². The van der Waals surface area contributed by atoms with E-state index in [1.165, 1.54) is 0 Å². The topological polar surface area (TPSA) is 164 Å². The largest absolute Gasteiger partial charge is 0.480 e. The predicted octanol–water partition coefficient (Wildman–Crippen LogP) is -1.57. The summed E-state index contributed by atoms with van der Waals surface area (Å²) in [5.74, 6) is -6.78. The van der Waals surface area contributed by atoms with Crippen molar-refractivity contribution in [2.24, 2.45) is 5.41 Å². The van der Waals surface area contributed by atoms with Gasteiger partial charge >= 0.3 is 17.9 Å². The lowest BCUT2D eigenvalue weighted by atomic mass is 9.90. The number of aliphatic carboxylic acids is 3. The van der Waals surface area contributed by atoms with Crippen molar-refractivity contribution < 1.29 is 39.6 Å². The van der Waals surface area contributed by atoms with Crippen LogP contribution in [0.5, 0.6) is 0 Å². The molecule has 0 aliphatic carbocycles. The number of rotatable bonds is 6. The molecule has 0 aliphatic rings. The second kappa shape index (κ2) is 4.21. The highest BCUT2D eigenvalue weighted by Gasteiger charge is 2.55. The van der Waals surface area contributed by atoms with Crippen LogP contribution < -0.4 is 0 Å². The summed E-state index contributed by atoms with van der Waals surface area (Å²) in [7, 11) is 0. The first-order chi connectivity index (χ1) is 6.75. The first-order valence-corrected chi connectivity index (χ1v) is 3.22. The van der Waals surface area contributed by atoms with E-state index < -0.39 is 35.0 Å². The molecule has 0 aromatic carbocycles. The maximum absolute atomic E-state index is 10.5. The smallest absolute Gasteiger partial charge is 0.334 e. The Morgan fingerprint density at radius 2 is 1.47 bits per heavy atom. The lowest BCUT2D eigenvalue weighted by Gasteiger charge is -2.17. The number of hydrogen-bond acceptors (Lipinski definition) is 6. The molecule has 0 aromatic heterocycles. The van der Waals surface area contributed by atoms with Crippen molar-refractivity contribution >= 4 is 17.9 Å². The number of carbonyl (C=O) groups is 3. The molecule has 0 radical (unpaired) electrons. The third-order valence-electron chi connectivity index (χ3n) is 1.48. The SMILES string of the molecule is O=C(O)C(CO[N+](=O)[O-])(C(=O)O)C(=O)O. The third-order valence-corrected chi connectivity index (χ3v) is 1.48. The van der Waals surface area contributed by atoms with Crippen molar-refractivity contribution in [2.75, 3.05) is 6.61 Å². The molecule has 15 heavy (non-hydrogen) atoms. The zero-order chi connectivity index (χ0) is 12.2. The van der Waals surface area contributed by atoms with Gasteiger partial charge in [-0.25, -0.2) is 0 Å². The number of hydrogen-bond donors (Lipinski definition) is 3. The number of carboxylic acids is 3. The van der Waals surface area contributed by atoms with E-state index in [1.807, 2.05) is 0 Å². The van der Waals surface area contributed by atoms with Crippen LogP contribution >= 0.6 is 0 Å². The molecule has 0 saturated heterocycles. The summed E-state index contributed by atoms with van der Waals surface area (Å²) in [6, 6.07) is 0. The summed E-state index contributed by atoms with van der Waals surface area (Å²) in [5.41, 5.74) is -3.38. The Kier molecular flexibility index (Phi) is 3.54. The van der Waals surface area contributed by atoms with Gasteiger partial charge in [0.25, 0.3) is 10.5 Å². The molecule has 3 N–H and O–H groups in total. The molecule has 0 rings (SSSR count). The van der Waals surface area contributed by atoms with Crippen LogP contribution in [0.2, 0.25) is 0 Å². The Bertz CT molecular complexity index is 284. The van der Waals surface area contributed by atoms with Crippen molar-refractivity contribution in [3.05, 3.63) is 10.1 Å². The van der Waals surface area contributed by atoms with Crippen LogP contribution in [-0.4, -0.2) is 44.9 Å². The Morgan fingerprint density at radius 1 is 1.13 bits per heavy atom. The van der Waals surface area contributed by atoms with Gasteiger partial charge in [0, 0.05) is 0 Å². The van der Waals surface area contributed by atoms with Crippen molar-refractivity contribution in [1.29, 1.82) is 0 Å². The second-order valence-corrected chi connectivity index (χ2v) is 2.32. The molecule has 0 amide bonds. The fourth-order valence-corrected chi connectivity index (χ4v) is 0.609. The van der Waals surface area contributed by atoms with Gasteiger partial charge in [-0.3, -0.25) is 14.4 Å². The Balaban J connectivity index is 5.15. The summed E-state index contributed by atoms with van der Waals surface area (Å²) in [6.07, 6.45) is 0. The molecule has 10 nitrogen and oxygen atoms in total. The minimum atomic E-state index is -3.38. The van der Waals surface area contributed by atoms with Crippen molar-refractivity contribution in [2.45, 2.75) is 0 Å². The van der Waals surface area contributed by atoms with Crippen LogP contribution in [0.25, 0.3) is 0 Å². The van der Waals surface area contributed by atoms with Crippen LogP contribution in [-0.2, 0) is 19.2 Å². The van der Waals surface area contributed by atoms with Crippen LogP contribution in [0, 0.1) is 15.5 Å². The minimum Gasteiger partial charge on any atom is -0.480 e. The fourth-order valence-electron chi connectivity index (χ4n) is 0.609. The Morgan fingerprint density at radius 3 is 1.67 bits per heavy atom. The average molecular weight is 223 g/mol. The summed E-state index contributed by atoms with van der Waals surface area (Å²) in [6.45, 7) is -1.61. The first-order valence-electron chi connectivity index (χ1n) is 3.22. The highest BCUT2D eigenvalue weighted by Crippen LogP contribution is 2.19. The van der Waals surface area contributed by atoms with E-state index in [0.29, 0.717) is 0 Å². The van der Waals surface area contributed by atoms with E-state index in [9.17, 15) is 24.5 Å². The van der Waals surface area contributed by atoms with Gasteiger partial charge in [-0.2, -0.15) is 0 Å². The van der Waals surface area contributed by atoms with Gasteiger partial charge in [0.15, 0.2) is 0 Å². The lowest BCUT2D eigenvalue weighted by Crippen LogP contribution is -2.50. The third kappa shape index (κ3) is 2.30. The standard InChI is InChI=1S/C5H5NO9/c7-2(8)5(3(9)10,4(11)12)1-15-6(13)14/h1H2,(H,7,8)(H,9,10)(H,11,12). The van der Waals surface area contributed by atoms with Crippen molar-refractivity contribution in [3.8, 4) is 0 Å². The van der Waals surface area contributed by atoms with Gasteiger partial charge in [-0.15, -0.1) is 10.1 Å².